The third kappa shape index (κ3) is 4.32. The van der Waals surface area contributed by atoms with Gasteiger partial charge in [0.2, 0.25) is 0 Å². The molecule has 0 aliphatic heterocycles. The summed E-state index contributed by atoms with van der Waals surface area (Å²) in [4.78, 5) is 12.7. The van der Waals surface area contributed by atoms with Crippen molar-refractivity contribution in [2.45, 2.75) is 20.0 Å². The highest BCUT2D eigenvalue weighted by Gasteiger charge is 2.31. The number of rotatable bonds is 5. The smallest absolute Gasteiger partial charge is 0.397 e. The lowest BCUT2D eigenvalue weighted by Crippen LogP contribution is -2.34. The molecule has 1 aromatic carbocycles. The van der Waals surface area contributed by atoms with Gasteiger partial charge in [-0.3, -0.25) is 4.79 Å². The fraction of sp³-hybridized carbons (Fsp3) is 0.462. The molecule has 0 heterocycles. The van der Waals surface area contributed by atoms with E-state index in [0.29, 0.717) is 12.1 Å². The van der Waals surface area contributed by atoms with Gasteiger partial charge < -0.3 is 16.0 Å². The first-order valence-corrected chi connectivity index (χ1v) is 6.28. The van der Waals surface area contributed by atoms with Gasteiger partial charge in [0, 0.05) is 18.7 Å². The Bertz CT molecular complexity index is 474. The van der Waals surface area contributed by atoms with Crippen molar-refractivity contribution in [3.63, 3.8) is 0 Å². The average molecular weight is 289 g/mol. The molecule has 0 aliphatic carbocycles. The van der Waals surface area contributed by atoms with Crippen molar-refractivity contribution < 1.29 is 18.0 Å². The van der Waals surface area contributed by atoms with Crippen molar-refractivity contribution in [2.75, 3.05) is 30.3 Å². The number of nitrogen functional groups attached to an aromatic ring is 1. The molecule has 7 heteroatoms. The second kappa shape index (κ2) is 6.49. The lowest BCUT2D eigenvalue weighted by Gasteiger charge is -2.25. The van der Waals surface area contributed by atoms with E-state index >= 15 is 0 Å². The third-order valence-electron chi connectivity index (χ3n) is 2.72. The molecule has 0 saturated heterocycles. The Morgan fingerprint density at radius 2 is 2.00 bits per heavy atom. The van der Waals surface area contributed by atoms with Crippen LogP contribution in [0.25, 0.3) is 0 Å². The largest absolute Gasteiger partial charge is 0.405 e. The minimum Gasteiger partial charge on any atom is -0.397 e. The molecule has 1 rings (SSSR count). The molecule has 0 fully saturated rings. The lowest BCUT2D eigenvalue weighted by atomic mass is 10.1. The van der Waals surface area contributed by atoms with Crippen molar-refractivity contribution in [2.24, 2.45) is 0 Å². The van der Waals surface area contributed by atoms with Gasteiger partial charge in [-0.2, -0.15) is 13.2 Å². The zero-order valence-electron chi connectivity index (χ0n) is 11.4. The standard InChI is InChI=1S/C13H18F3N3O/c1-3-18-12(20)9-5-6-11(10(17)7-9)19(4-2)8-13(14,15)16/h5-7H,3-4,8,17H2,1-2H3,(H,18,20). The molecule has 0 atom stereocenters. The zero-order chi connectivity index (χ0) is 15.3. The van der Waals surface area contributed by atoms with Crippen LogP contribution in [0.15, 0.2) is 18.2 Å². The van der Waals surface area contributed by atoms with Crippen LogP contribution < -0.4 is 16.0 Å². The van der Waals surface area contributed by atoms with Crippen molar-refractivity contribution in [1.29, 1.82) is 0 Å². The Morgan fingerprint density at radius 1 is 1.35 bits per heavy atom. The Kier molecular flexibility index (Phi) is 5.24. The van der Waals surface area contributed by atoms with E-state index in [1.54, 1.807) is 13.8 Å². The van der Waals surface area contributed by atoms with Gasteiger partial charge in [0.05, 0.1) is 11.4 Å². The van der Waals surface area contributed by atoms with Crippen molar-refractivity contribution in [3.8, 4) is 0 Å². The van der Waals surface area contributed by atoms with Crippen molar-refractivity contribution in [3.05, 3.63) is 23.8 Å². The summed E-state index contributed by atoms with van der Waals surface area (Å²) >= 11 is 0. The minimum atomic E-state index is -4.30. The molecule has 4 nitrogen and oxygen atoms in total. The van der Waals surface area contributed by atoms with Gasteiger partial charge >= 0.3 is 6.18 Å². The third-order valence-corrected chi connectivity index (χ3v) is 2.72. The predicted molar refractivity (Wildman–Crippen MR) is 72.8 cm³/mol. The molecule has 0 bridgehead atoms. The van der Waals surface area contributed by atoms with Crippen LogP contribution in [-0.4, -0.2) is 31.7 Å². The first-order chi connectivity index (χ1) is 9.28. The first-order valence-electron chi connectivity index (χ1n) is 6.28. The quantitative estimate of drug-likeness (QED) is 0.818. The summed E-state index contributed by atoms with van der Waals surface area (Å²) in [5, 5.41) is 2.60. The molecule has 1 aromatic rings. The molecule has 0 aromatic heterocycles. The van der Waals surface area contributed by atoms with Gasteiger partial charge in [-0.15, -0.1) is 0 Å². The van der Waals surface area contributed by atoms with E-state index in [9.17, 15) is 18.0 Å². The highest BCUT2D eigenvalue weighted by atomic mass is 19.4. The molecule has 0 radical (unpaired) electrons. The maximum absolute atomic E-state index is 12.5. The maximum atomic E-state index is 12.5. The monoisotopic (exact) mass is 289 g/mol. The van der Waals surface area contributed by atoms with E-state index in [2.05, 4.69) is 5.32 Å². The van der Waals surface area contributed by atoms with Gasteiger partial charge in [0.15, 0.2) is 0 Å². The summed E-state index contributed by atoms with van der Waals surface area (Å²) in [6.07, 6.45) is -4.30. The van der Waals surface area contributed by atoms with Crippen LogP contribution in [-0.2, 0) is 0 Å². The molecule has 0 aliphatic rings. The number of carbonyl (C=O) groups excluding carboxylic acids is 1. The predicted octanol–water partition coefficient (Wildman–Crippen LogP) is 2.41. The van der Waals surface area contributed by atoms with E-state index in [0.717, 1.165) is 4.90 Å². The number of amides is 1. The molecule has 20 heavy (non-hydrogen) atoms. The minimum absolute atomic E-state index is 0.153. The summed E-state index contributed by atoms with van der Waals surface area (Å²) in [6, 6.07) is 4.30. The van der Waals surface area contributed by atoms with Crippen molar-refractivity contribution in [1.82, 2.24) is 5.32 Å². The second-order valence-corrected chi connectivity index (χ2v) is 4.26. The zero-order valence-corrected chi connectivity index (χ0v) is 11.4. The van der Waals surface area contributed by atoms with E-state index in [1.165, 1.54) is 18.2 Å². The molecule has 1 amide bonds. The molecule has 0 saturated carbocycles. The van der Waals surface area contributed by atoms with E-state index in [1.807, 2.05) is 0 Å². The second-order valence-electron chi connectivity index (χ2n) is 4.26. The van der Waals surface area contributed by atoms with Gasteiger partial charge in [0.25, 0.3) is 5.91 Å². The summed E-state index contributed by atoms with van der Waals surface area (Å²) in [6.45, 7) is 2.95. The van der Waals surface area contributed by atoms with Crippen LogP contribution in [0, 0.1) is 0 Å². The fourth-order valence-electron chi connectivity index (χ4n) is 1.83. The fourth-order valence-corrected chi connectivity index (χ4v) is 1.83. The van der Waals surface area contributed by atoms with Gasteiger partial charge in [-0.05, 0) is 32.0 Å². The Morgan fingerprint density at radius 3 is 2.45 bits per heavy atom. The number of anilines is 2. The summed E-state index contributed by atoms with van der Waals surface area (Å²) < 4.78 is 37.4. The molecule has 0 spiro atoms. The number of nitrogens with one attached hydrogen (secondary N) is 1. The Labute approximate surface area is 115 Å². The van der Waals surface area contributed by atoms with Crippen LogP contribution in [0.3, 0.4) is 0 Å². The van der Waals surface area contributed by atoms with Crippen LogP contribution in [0.5, 0.6) is 0 Å². The average Bonchev–Trinajstić information content (AvgIpc) is 2.35. The number of hydrogen-bond acceptors (Lipinski definition) is 3. The lowest BCUT2D eigenvalue weighted by molar-refractivity contribution is -0.119. The van der Waals surface area contributed by atoms with Crippen LogP contribution in [0.1, 0.15) is 24.2 Å². The maximum Gasteiger partial charge on any atom is 0.405 e. The van der Waals surface area contributed by atoms with E-state index in [-0.39, 0.29) is 23.8 Å². The normalized spacial score (nSPS) is 11.2. The number of carbonyl (C=O) groups is 1. The number of alkyl halides is 3. The molecule has 3 N–H and O–H groups in total. The van der Waals surface area contributed by atoms with Crippen molar-refractivity contribution >= 4 is 17.3 Å². The molecular formula is C13H18F3N3O. The Hall–Kier alpha value is -1.92. The topological polar surface area (TPSA) is 58.4 Å². The number of nitrogens with zero attached hydrogens (tertiary/aromatic N) is 1. The van der Waals surface area contributed by atoms with Crippen LogP contribution >= 0.6 is 0 Å². The molecular weight excluding hydrogens is 271 g/mol. The number of benzene rings is 1. The summed E-state index contributed by atoms with van der Waals surface area (Å²) in [5.74, 6) is -0.301. The number of halogens is 3. The van der Waals surface area contributed by atoms with Crippen LogP contribution in [0.2, 0.25) is 0 Å². The number of nitrogens with two attached hydrogens (primary N) is 1. The van der Waals surface area contributed by atoms with Crippen LogP contribution in [0.4, 0.5) is 24.5 Å². The summed E-state index contributed by atoms with van der Waals surface area (Å²) in [7, 11) is 0. The number of hydrogen-bond donors (Lipinski definition) is 2. The van der Waals surface area contributed by atoms with Gasteiger partial charge in [-0.1, -0.05) is 0 Å². The SMILES string of the molecule is CCNC(=O)c1ccc(N(CC)CC(F)(F)F)c(N)c1. The Balaban J connectivity index is 2.99. The highest BCUT2D eigenvalue weighted by Crippen LogP contribution is 2.27. The van der Waals surface area contributed by atoms with Gasteiger partial charge in [-0.25, -0.2) is 0 Å². The van der Waals surface area contributed by atoms with E-state index < -0.39 is 12.7 Å². The summed E-state index contributed by atoms with van der Waals surface area (Å²) in [5.41, 5.74) is 6.52. The molecule has 112 valence electrons. The molecule has 0 unspecified atom stereocenters. The van der Waals surface area contributed by atoms with Gasteiger partial charge in [0.1, 0.15) is 6.54 Å². The first kappa shape index (κ1) is 16.1. The highest BCUT2D eigenvalue weighted by molar-refractivity contribution is 5.96. The van der Waals surface area contributed by atoms with E-state index in [4.69, 9.17) is 5.73 Å².